The summed E-state index contributed by atoms with van der Waals surface area (Å²) in [6.07, 6.45) is -9.69. The van der Waals surface area contributed by atoms with E-state index in [0.717, 1.165) is 22.3 Å². The van der Waals surface area contributed by atoms with Crippen LogP contribution in [0, 0.1) is 0 Å². The number of halogens is 1. The number of nitrogens with one attached hydrogen (secondary N) is 3. The number of carbonyl (C=O) groups excluding carboxylic acids is 3. The number of benzene rings is 4. The molecule has 20 heteroatoms. The molecule has 4 aromatic rings. The smallest absolute Gasteiger partial charge is 0.426 e. The number of aliphatic carboxylic acids is 2. The van der Waals surface area contributed by atoms with E-state index >= 15 is 0 Å². The molecule has 12 N–H and O–H groups in total. The van der Waals surface area contributed by atoms with Crippen molar-refractivity contribution in [1.29, 1.82) is 0 Å². The largest absolute Gasteiger partial charge is 0.479 e. The van der Waals surface area contributed by atoms with Crippen LogP contribution in [0.1, 0.15) is 63.8 Å². The summed E-state index contributed by atoms with van der Waals surface area (Å²) in [4.78, 5) is 58.3. The Morgan fingerprint density at radius 1 is 0.548 bits per heavy atom. The number of ether oxygens (including phenoxy) is 2. The molecule has 0 bridgehead atoms. The number of aliphatic hydroxyl groups excluding tert-OH is 4. The molecule has 0 aromatic heterocycles. The summed E-state index contributed by atoms with van der Waals surface area (Å²) in [7, 11) is 0. The van der Waals surface area contributed by atoms with Crippen LogP contribution in [0.15, 0.2) is 97.1 Å². The predicted molar refractivity (Wildman–Crippen MR) is 231 cm³/mol. The van der Waals surface area contributed by atoms with Crippen molar-refractivity contribution >= 4 is 42.4 Å². The Balaban J connectivity index is 0. The third-order valence-electron chi connectivity index (χ3n) is 8.78. The number of amides is 3. The molecule has 4 aromatic carbocycles. The maximum Gasteiger partial charge on any atom is 0.426 e. The third-order valence-corrected chi connectivity index (χ3v) is 8.78. The highest BCUT2D eigenvalue weighted by Gasteiger charge is 2.32. The first-order chi connectivity index (χ1) is 27.3. The van der Waals surface area contributed by atoms with Gasteiger partial charge in [-0.25, -0.2) is 35.3 Å². The van der Waals surface area contributed by atoms with Gasteiger partial charge in [-0.2, -0.15) is 0 Å². The van der Waals surface area contributed by atoms with E-state index in [-0.39, 0.29) is 67.2 Å². The fourth-order valence-corrected chi connectivity index (χ4v) is 6.07. The van der Waals surface area contributed by atoms with Crippen molar-refractivity contribution in [2.75, 3.05) is 19.8 Å². The van der Waals surface area contributed by atoms with Crippen LogP contribution in [-0.4, -0.2) is 110 Å². The number of hydrazine groups is 2. The van der Waals surface area contributed by atoms with Crippen LogP contribution in [0.3, 0.4) is 0 Å². The second-order valence-electron chi connectivity index (χ2n) is 12.3. The molecule has 0 spiro atoms. The van der Waals surface area contributed by atoms with E-state index in [2.05, 4.69) is 29.2 Å². The summed E-state index contributed by atoms with van der Waals surface area (Å²) in [5.41, 5.74) is 14.6. The van der Waals surface area contributed by atoms with Gasteiger partial charge in [-0.05, 0) is 44.5 Å². The van der Waals surface area contributed by atoms with Gasteiger partial charge < -0.3 is 40.1 Å². The lowest BCUT2D eigenvalue weighted by atomic mass is 9.98. The van der Waals surface area contributed by atoms with Gasteiger partial charge in [0.25, 0.3) is 5.91 Å². The van der Waals surface area contributed by atoms with E-state index in [0.29, 0.717) is 0 Å². The molecule has 0 heterocycles. The summed E-state index contributed by atoms with van der Waals surface area (Å²) >= 11 is 0. The number of carbonyl (C=O) groups is 5. The molecule has 0 unspecified atom stereocenters. The molecule has 0 aliphatic heterocycles. The molecule has 2 aliphatic carbocycles. The minimum atomic E-state index is -2.32. The molecule has 4 atom stereocenters. The van der Waals surface area contributed by atoms with Crippen molar-refractivity contribution in [3.05, 3.63) is 119 Å². The van der Waals surface area contributed by atoms with Crippen molar-refractivity contribution in [2.45, 2.75) is 66.0 Å². The standard InChI is InChI=1S/C19H18N2O7.C15H14N2O2.C4H8O6.4CH4.ClH/c22-15(16(23)18(25)26)17(24)20-21-19(27)28-9-14-12-7-3-1-5-10(12)11-6-2-4-8-13(11)14;16-17-15(18)19-9-14-12-7-3-1-5-10(12)11-6-2-4-8-13(11)14;5-2(1-10-9)3(6)4(7)8;;;;;/h1-8,14-16,22-23H,9H2,(H,20,24)(H,21,27)(H,25,26);1-8,14H,9,16H2,(H,17,18);2-3,5-6,9H,1H2,(H,7,8);4*1H4;1H/t15-,16-;;2-,3+;;;;;/m1.0...../s1. The molecule has 19 nitrogen and oxygen atoms in total. The van der Waals surface area contributed by atoms with E-state index in [9.17, 15) is 29.1 Å². The summed E-state index contributed by atoms with van der Waals surface area (Å²) in [5, 5.41) is 59.8. The average Bonchev–Trinajstić information content (AvgIpc) is 3.72. The highest BCUT2D eigenvalue weighted by atomic mass is 35.5. The summed E-state index contributed by atoms with van der Waals surface area (Å²) in [5.74, 6) is 0.294. The van der Waals surface area contributed by atoms with E-state index in [1.54, 1.807) is 5.43 Å². The molecule has 0 fully saturated rings. The first-order valence-electron chi connectivity index (χ1n) is 17.0. The van der Waals surface area contributed by atoms with Crippen LogP contribution in [0.2, 0.25) is 0 Å². The number of hydrogen-bond acceptors (Lipinski definition) is 14. The second-order valence-corrected chi connectivity index (χ2v) is 12.3. The Hall–Kier alpha value is -6.16. The SMILES string of the molecule is C.C.C.C.Cl.NNC(=O)OCC1c2ccccc2-c2ccccc21.O=C(NNC(=O)[C@H](O)[C@@H](O)C(=O)O)OCC1c2ccccc2-c2ccccc21.O=C(O)[C@H](O)[C@@H](O)COO. The monoisotopic (exact) mass is 892 g/mol. The van der Waals surface area contributed by atoms with Gasteiger partial charge in [-0.15, -0.1) is 12.4 Å². The zero-order chi connectivity index (χ0) is 41.6. The molecule has 0 radical (unpaired) electrons. The maximum absolute atomic E-state index is 11.8. The van der Waals surface area contributed by atoms with Crippen molar-refractivity contribution in [1.82, 2.24) is 16.3 Å². The van der Waals surface area contributed by atoms with Gasteiger partial charge in [0.1, 0.15) is 25.9 Å². The minimum Gasteiger partial charge on any atom is -0.479 e. The van der Waals surface area contributed by atoms with Gasteiger partial charge in [0, 0.05) is 11.8 Å². The molecule has 0 saturated carbocycles. The third kappa shape index (κ3) is 14.5. The van der Waals surface area contributed by atoms with Crippen molar-refractivity contribution < 1.29 is 74.2 Å². The van der Waals surface area contributed by atoms with Crippen LogP contribution in [0.4, 0.5) is 9.59 Å². The number of carboxylic acid groups (broad SMARTS) is 2. The summed E-state index contributed by atoms with van der Waals surface area (Å²) < 4.78 is 10.3. The Labute approximate surface area is 365 Å². The second kappa shape index (κ2) is 27.6. The zero-order valence-electron chi connectivity index (χ0n) is 30.2. The Bertz CT molecular complexity index is 1970. The van der Waals surface area contributed by atoms with Crippen molar-refractivity contribution in [2.24, 2.45) is 5.84 Å². The molecule has 342 valence electrons. The van der Waals surface area contributed by atoms with Crippen molar-refractivity contribution in [3.8, 4) is 22.3 Å². The Morgan fingerprint density at radius 2 is 0.887 bits per heavy atom. The number of hydrogen-bond donors (Lipinski definition) is 11. The number of rotatable bonds is 11. The van der Waals surface area contributed by atoms with Gasteiger partial charge in [0.15, 0.2) is 18.3 Å². The van der Waals surface area contributed by atoms with Gasteiger partial charge in [-0.1, -0.05) is 127 Å². The topological polar surface area (TPSA) is 317 Å². The minimum absolute atomic E-state index is 0. The molecule has 2 aliphatic rings. The lowest BCUT2D eigenvalue weighted by Crippen LogP contribution is -2.51. The first kappa shape index (κ1) is 57.9. The van der Waals surface area contributed by atoms with Crippen molar-refractivity contribution in [3.63, 3.8) is 0 Å². The normalized spacial score (nSPS) is 13.0. The van der Waals surface area contributed by atoms with E-state index in [4.69, 9.17) is 46.1 Å². The zero-order valence-corrected chi connectivity index (χ0v) is 31.0. The number of aliphatic hydroxyl groups is 4. The molecule has 62 heavy (non-hydrogen) atoms. The van der Waals surface area contributed by atoms with Crippen LogP contribution in [0.5, 0.6) is 0 Å². The van der Waals surface area contributed by atoms with Gasteiger partial charge in [0.05, 0.1) is 0 Å². The lowest BCUT2D eigenvalue weighted by Gasteiger charge is -2.16. The van der Waals surface area contributed by atoms with Crippen LogP contribution in [0.25, 0.3) is 22.3 Å². The molecular formula is C42H57ClN4O15. The highest BCUT2D eigenvalue weighted by molar-refractivity contribution is 5.88. The van der Waals surface area contributed by atoms with Gasteiger partial charge in [-0.3, -0.25) is 20.9 Å². The van der Waals surface area contributed by atoms with Gasteiger partial charge in [0.2, 0.25) is 0 Å². The molecule has 3 amide bonds. The van der Waals surface area contributed by atoms with Gasteiger partial charge >= 0.3 is 24.1 Å². The average molecular weight is 893 g/mol. The van der Waals surface area contributed by atoms with E-state index in [1.807, 2.05) is 83.6 Å². The lowest BCUT2D eigenvalue weighted by molar-refractivity contribution is -0.262. The van der Waals surface area contributed by atoms with Crippen LogP contribution in [-0.2, 0) is 28.7 Å². The summed E-state index contributed by atoms with van der Waals surface area (Å²) in [6, 6.07) is 31.9. The van der Waals surface area contributed by atoms with Crippen LogP contribution >= 0.6 is 12.4 Å². The van der Waals surface area contributed by atoms with E-state index in [1.165, 1.54) is 22.3 Å². The quantitative estimate of drug-likeness (QED) is 0.0439. The summed E-state index contributed by atoms with van der Waals surface area (Å²) in [6.45, 7) is -0.333. The number of fused-ring (bicyclic) bond motifs is 6. The highest BCUT2D eigenvalue weighted by Crippen LogP contribution is 2.45. The molecule has 0 saturated heterocycles. The van der Waals surface area contributed by atoms with E-state index < -0.39 is 61.1 Å². The fourth-order valence-electron chi connectivity index (χ4n) is 6.07. The Kier molecular flexibility index (Phi) is 25.8. The molecular weight excluding hydrogens is 836 g/mol. The predicted octanol–water partition coefficient (Wildman–Crippen LogP) is 4.01. The maximum atomic E-state index is 11.8. The first-order valence-corrected chi connectivity index (χ1v) is 17.0. The number of nitrogens with two attached hydrogens (primary N) is 1. The molecule has 6 rings (SSSR count). The number of carboxylic acids is 2. The fraction of sp³-hybridized carbons (Fsp3) is 0.310. The Morgan fingerprint density at radius 3 is 1.21 bits per heavy atom. The van der Waals surface area contributed by atoms with Crippen LogP contribution < -0.4 is 22.1 Å².